The van der Waals surface area contributed by atoms with Crippen molar-refractivity contribution in [3.63, 3.8) is 0 Å². The Labute approximate surface area is 120 Å². The van der Waals surface area contributed by atoms with Gasteiger partial charge in [0.25, 0.3) is 5.91 Å². The molecule has 1 aromatic rings. The first-order valence-corrected chi connectivity index (χ1v) is 7.12. The van der Waals surface area contributed by atoms with Gasteiger partial charge < -0.3 is 10.6 Å². The lowest BCUT2D eigenvalue weighted by atomic mass is 10.0. The average molecular weight is 298 g/mol. The number of hydrogen-bond acceptors (Lipinski definition) is 2. The molecule has 3 nitrogen and oxygen atoms in total. The predicted molar refractivity (Wildman–Crippen MR) is 72.6 cm³/mol. The SMILES string of the molecule is Nc1ccc(C(=O)N2CC3CCCC3C2)cc1C(F)(F)F. The molecule has 6 heteroatoms. The summed E-state index contributed by atoms with van der Waals surface area (Å²) < 4.78 is 38.6. The number of carbonyl (C=O) groups excluding carboxylic acids is 1. The number of anilines is 1. The molecule has 2 fully saturated rings. The summed E-state index contributed by atoms with van der Waals surface area (Å²) in [6, 6.07) is 3.40. The normalized spacial score (nSPS) is 25.2. The van der Waals surface area contributed by atoms with Gasteiger partial charge in [0.15, 0.2) is 0 Å². The molecule has 3 rings (SSSR count). The van der Waals surface area contributed by atoms with E-state index in [1.165, 1.54) is 12.5 Å². The summed E-state index contributed by atoms with van der Waals surface area (Å²) in [6.07, 6.45) is -1.12. The Kier molecular flexibility index (Phi) is 3.34. The third kappa shape index (κ3) is 2.59. The Hall–Kier alpha value is -1.72. The zero-order valence-corrected chi connectivity index (χ0v) is 11.5. The van der Waals surface area contributed by atoms with Crippen molar-refractivity contribution >= 4 is 11.6 Å². The van der Waals surface area contributed by atoms with E-state index in [9.17, 15) is 18.0 Å². The van der Waals surface area contributed by atoms with Crippen LogP contribution < -0.4 is 5.73 Å². The van der Waals surface area contributed by atoms with E-state index < -0.39 is 11.7 Å². The van der Waals surface area contributed by atoms with Crippen LogP contribution in [0.2, 0.25) is 0 Å². The molecule has 0 spiro atoms. The number of hydrogen-bond donors (Lipinski definition) is 1. The van der Waals surface area contributed by atoms with Gasteiger partial charge in [-0.05, 0) is 42.9 Å². The van der Waals surface area contributed by atoms with Crippen LogP contribution in [0.1, 0.15) is 35.2 Å². The van der Waals surface area contributed by atoms with Gasteiger partial charge in [-0.15, -0.1) is 0 Å². The summed E-state index contributed by atoms with van der Waals surface area (Å²) in [5, 5.41) is 0. The minimum atomic E-state index is -4.54. The second-order valence-corrected chi connectivity index (χ2v) is 5.96. The van der Waals surface area contributed by atoms with Crippen molar-refractivity contribution in [3.8, 4) is 0 Å². The minimum Gasteiger partial charge on any atom is -0.398 e. The fourth-order valence-corrected chi connectivity index (χ4v) is 3.52. The molecule has 1 saturated heterocycles. The first-order valence-electron chi connectivity index (χ1n) is 7.12. The molecular formula is C15H17F3N2O. The molecule has 2 atom stereocenters. The number of benzene rings is 1. The summed E-state index contributed by atoms with van der Waals surface area (Å²) in [4.78, 5) is 14.1. The zero-order valence-electron chi connectivity index (χ0n) is 11.5. The maximum Gasteiger partial charge on any atom is 0.418 e. The predicted octanol–water partition coefficient (Wildman–Crippen LogP) is 3.16. The molecule has 2 unspecified atom stereocenters. The lowest BCUT2D eigenvalue weighted by Crippen LogP contribution is -2.29. The summed E-state index contributed by atoms with van der Waals surface area (Å²) in [6.45, 7) is 1.32. The quantitative estimate of drug-likeness (QED) is 0.810. The highest BCUT2D eigenvalue weighted by atomic mass is 19.4. The van der Waals surface area contributed by atoms with Gasteiger partial charge in [0, 0.05) is 24.3 Å². The first-order chi connectivity index (χ1) is 9.86. The molecule has 2 aliphatic rings. The van der Waals surface area contributed by atoms with Gasteiger partial charge in [-0.1, -0.05) is 6.42 Å². The summed E-state index contributed by atoms with van der Waals surface area (Å²) in [7, 11) is 0. The molecule has 0 radical (unpaired) electrons. The molecule has 114 valence electrons. The Morgan fingerprint density at radius 2 is 1.81 bits per heavy atom. The van der Waals surface area contributed by atoms with Crippen molar-refractivity contribution in [1.29, 1.82) is 0 Å². The van der Waals surface area contributed by atoms with Crippen LogP contribution in [0.4, 0.5) is 18.9 Å². The third-order valence-electron chi connectivity index (χ3n) is 4.62. The highest BCUT2D eigenvalue weighted by Crippen LogP contribution is 2.39. The monoisotopic (exact) mass is 298 g/mol. The van der Waals surface area contributed by atoms with E-state index in [2.05, 4.69) is 0 Å². The fraction of sp³-hybridized carbons (Fsp3) is 0.533. The maximum absolute atomic E-state index is 12.9. The summed E-state index contributed by atoms with van der Waals surface area (Å²) in [5.74, 6) is 0.713. The van der Waals surface area contributed by atoms with Crippen LogP contribution in [0.25, 0.3) is 0 Å². The Balaban J connectivity index is 1.82. The lowest BCUT2D eigenvalue weighted by Gasteiger charge is -2.18. The third-order valence-corrected chi connectivity index (χ3v) is 4.62. The number of rotatable bonds is 1. The number of nitrogens with two attached hydrogens (primary N) is 1. The van der Waals surface area contributed by atoms with Gasteiger partial charge in [-0.2, -0.15) is 13.2 Å². The van der Waals surface area contributed by atoms with Crippen molar-refractivity contribution in [2.75, 3.05) is 18.8 Å². The highest BCUT2D eigenvalue weighted by Gasteiger charge is 2.39. The van der Waals surface area contributed by atoms with Gasteiger partial charge >= 0.3 is 6.18 Å². The van der Waals surface area contributed by atoms with Crippen LogP contribution >= 0.6 is 0 Å². The molecule has 1 aromatic carbocycles. The van der Waals surface area contributed by atoms with Crippen LogP contribution in [-0.4, -0.2) is 23.9 Å². The largest absolute Gasteiger partial charge is 0.418 e. The van der Waals surface area contributed by atoms with Gasteiger partial charge in [-0.3, -0.25) is 4.79 Å². The molecule has 0 aromatic heterocycles. The molecule has 1 amide bonds. The van der Waals surface area contributed by atoms with Crippen molar-refractivity contribution in [1.82, 2.24) is 4.90 Å². The number of nitrogen functional groups attached to an aromatic ring is 1. The van der Waals surface area contributed by atoms with E-state index in [-0.39, 0.29) is 17.2 Å². The smallest absolute Gasteiger partial charge is 0.398 e. The van der Waals surface area contributed by atoms with Gasteiger partial charge in [0.05, 0.1) is 5.56 Å². The van der Waals surface area contributed by atoms with Crippen LogP contribution in [0, 0.1) is 11.8 Å². The lowest BCUT2D eigenvalue weighted by molar-refractivity contribution is -0.136. The van der Waals surface area contributed by atoms with Crippen LogP contribution in [0.15, 0.2) is 18.2 Å². The molecule has 1 aliphatic heterocycles. The van der Waals surface area contributed by atoms with Gasteiger partial charge in [0.2, 0.25) is 0 Å². The van der Waals surface area contributed by atoms with Crippen LogP contribution in [0.3, 0.4) is 0 Å². The van der Waals surface area contributed by atoms with Gasteiger partial charge in [-0.25, -0.2) is 0 Å². The van der Waals surface area contributed by atoms with Crippen molar-refractivity contribution in [3.05, 3.63) is 29.3 Å². The number of halogens is 3. The second kappa shape index (κ2) is 4.93. The Bertz CT molecular complexity index is 559. The number of fused-ring (bicyclic) bond motifs is 1. The Morgan fingerprint density at radius 1 is 1.19 bits per heavy atom. The Morgan fingerprint density at radius 3 is 2.38 bits per heavy atom. The summed E-state index contributed by atoms with van der Waals surface area (Å²) >= 11 is 0. The molecule has 0 bridgehead atoms. The molecule has 2 N–H and O–H groups in total. The van der Waals surface area contributed by atoms with E-state index in [4.69, 9.17) is 5.73 Å². The molecule has 1 heterocycles. The van der Waals surface area contributed by atoms with E-state index in [0.29, 0.717) is 24.9 Å². The molecule has 1 saturated carbocycles. The first kappa shape index (κ1) is 14.2. The van der Waals surface area contributed by atoms with Gasteiger partial charge in [0.1, 0.15) is 0 Å². The topological polar surface area (TPSA) is 46.3 Å². The number of likely N-dealkylation sites (tertiary alicyclic amines) is 1. The standard InChI is InChI=1S/C15H17F3N2O/c16-15(17,18)12-6-9(4-5-13(12)19)14(21)20-7-10-2-1-3-11(10)8-20/h4-6,10-11H,1-3,7-8,19H2. The van der Waals surface area contributed by atoms with E-state index in [1.807, 2.05) is 0 Å². The van der Waals surface area contributed by atoms with Crippen molar-refractivity contribution in [2.24, 2.45) is 11.8 Å². The van der Waals surface area contributed by atoms with E-state index >= 15 is 0 Å². The fourth-order valence-electron chi connectivity index (χ4n) is 3.52. The maximum atomic E-state index is 12.9. The average Bonchev–Trinajstić information content (AvgIpc) is 2.97. The number of alkyl halides is 3. The van der Waals surface area contributed by atoms with Crippen LogP contribution in [-0.2, 0) is 6.18 Å². The number of carbonyl (C=O) groups is 1. The number of nitrogens with zero attached hydrogens (tertiary/aromatic N) is 1. The summed E-state index contributed by atoms with van der Waals surface area (Å²) in [5.41, 5.74) is 4.14. The van der Waals surface area contributed by atoms with E-state index in [0.717, 1.165) is 25.0 Å². The molecular weight excluding hydrogens is 281 g/mol. The number of amides is 1. The zero-order chi connectivity index (χ0) is 15.2. The van der Waals surface area contributed by atoms with Crippen LogP contribution in [0.5, 0.6) is 0 Å². The highest BCUT2D eigenvalue weighted by molar-refractivity contribution is 5.95. The second-order valence-electron chi connectivity index (χ2n) is 5.96. The van der Waals surface area contributed by atoms with Crippen molar-refractivity contribution in [2.45, 2.75) is 25.4 Å². The minimum absolute atomic E-state index is 0.0662. The van der Waals surface area contributed by atoms with Crippen molar-refractivity contribution < 1.29 is 18.0 Å². The van der Waals surface area contributed by atoms with E-state index in [1.54, 1.807) is 4.90 Å². The molecule has 21 heavy (non-hydrogen) atoms. The molecule has 1 aliphatic carbocycles.